The second kappa shape index (κ2) is 5.70. The molecule has 4 N–H and O–H groups in total. The summed E-state index contributed by atoms with van der Waals surface area (Å²) in [5.74, 6) is 0.450. The number of nitrogens with one attached hydrogen (secondary N) is 1. The Bertz CT molecular complexity index is 447. The van der Waals surface area contributed by atoms with E-state index < -0.39 is 5.75 Å². The molecule has 0 bridgehead atoms. The van der Waals surface area contributed by atoms with Gasteiger partial charge in [0.05, 0.1) is 0 Å². The first-order valence-corrected chi connectivity index (χ1v) is 6.95. The number of phenolic OH excluding ortho intramolecular Hbond substituents is 3. The van der Waals surface area contributed by atoms with Crippen LogP contribution in [0.3, 0.4) is 0 Å². The Kier molecular flexibility index (Phi) is 4.20. The van der Waals surface area contributed by atoms with Gasteiger partial charge in [-0.15, -0.1) is 0 Å². The van der Waals surface area contributed by atoms with Crippen LogP contribution in [0.2, 0.25) is 0 Å². The summed E-state index contributed by atoms with van der Waals surface area (Å²) >= 11 is 0. The predicted molar refractivity (Wildman–Crippen MR) is 74.2 cm³/mol. The minimum Gasteiger partial charge on any atom is -0.504 e. The molecular weight excluding hydrogens is 242 g/mol. The third kappa shape index (κ3) is 3.13. The first-order chi connectivity index (χ1) is 8.99. The highest BCUT2D eigenvalue weighted by Gasteiger charge is 2.25. The van der Waals surface area contributed by atoms with Crippen molar-refractivity contribution in [1.82, 2.24) is 5.32 Å². The van der Waals surface area contributed by atoms with E-state index in [0.29, 0.717) is 24.1 Å². The number of aromatic hydroxyl groups is 3. The first kappa shape index (κ1) is 14.0. The van der Waals surface area contributed by atoms with Crippen molar-refractivity contribution in [2.45, 2.75) is 45.7 Å². The van der Waals surface area contributed by atoms with Crippen molar-refractivity contribution in [2.75, 3.05) is 0 Å². The average Bonchev–Trinajstić information content (AvgIpc) is 2.37. The second-order valence-electron chi connectivity index (χ2n) is 5.82. The van der Waals surface area contributed by atoms with Crippen LogP contribution in [-0.2, 0) is 6.54 Å². The summed E-state index contributed by atoms with van der Waals surface area (Å²) in [6.07, 6.45) is 3.60. The summed E-state index contributed by atoms with van der Waals surface area (Å²) in [4.78, 5) is 0. The molecule has 3 unspecified atom stereocenters. The highest BCUT2D eigenvalue weighted by Crippen LogP contribution is 2.37. The molecule has 4 nitrogen and oxygen atoms in total. The molecule has 1 aliphatic carbocycles. The van der Waals surface area contributed by atoms with Gasteiger partial charge >= 0.3 is 0 Å². The number of benzene rings is 1. The smallest absolute Gasteiger partial charge is 0.200 e. The normalized spacial score (nSPS) is 27.4. The minimum absolute atomic E-state index is 0.232. The number of hydrogen-bond donors (Lipinski definition) is 4. The topological polar surface area (TPSA) is 72.7 Å². The fraction of sp³-hybridized carbons (Fsp3) is 0.600. The Morgan fingerprint density at radius 1 is 1.11 bits per heavy atom. The summed E-state index contributed by atoms with van der Waals surface area (Å²) in [5, 5.41) is 32.0. The zero-order valence-corrected chi connectivity index (χ0v) is 11.6. The van der Waals surface area contributed by atoms with Crippen LogP contribution in [0.5, 0.6) is 17.2 Å². The van der Waals surface area contributed by atoms with Gasteiger partial charge in [0.15, 0.2) is 11.5 Å². The monoisotopic (exact) mass is 265 g/mol. The lowest BCUT2D eigenvalue weighted by atomic mass is 9.80. The molecule has 1 fully saturated rings. The fourth-order valence-electron chi connectivity index (χ4n) is 2.96. The molecule has 19 heavy (non-hydrogen) atoms. The van der Waals surface area contributed by atoms with Crippen LogP contribution < -0.4 is 5.32 Å². The van der Waals surface area contributed by atoms with E-state index in [1.807, 2.05) is 0 Å². The highest BCUT2D eigenvalue weighted by atomic mass is 16.3. The maximum absolute atomic E-state index is 9.77. The third-order valence-electron chi connectivity index (χ3n) is 4.20. The van der Waals surface area contributed by atoms with Gasteiger partial charge in [-0.05, 0) is 37.2 Å². The zero-order chi connectivity index (χ0) is 14.0. The first-order valence-electron chi connectivity index (χ1n) is 6.95. The van der Waals surface area contributed by atoms with Crippen LogP contribution in [-0.4, -0.2) is 21.4 Å². The molecule has 0 amide bonds. The molecule has 1 aromatic carbocycles. The molecule has 0 aromatic heterocycles. The summed E-state index contributed by atoms with van der Waals surface area (Å²) in [5.41, 5.74) is 0.612. The predicted octanol–water partition coefficient (Wildman–Crippen LogP) is 2.72. The zero-order valence-electron chi connectivity index (χ0n) is 11.6. The van der Waals surface area contributed by atoms with E-state index in [1.54, 1.807) is 6.07 Å². The molecule has 0 spiro atoms. The molecule has 1 aromatic rings. The lowest BCUT2D eigenvalue weighted by Crippen LogP contribution is -2.38. The Morgan fingerprint density at radius 3 is 2.53 bits per heavy atom. The molecule has 1 saturated carbocycles. The molecule has 4 heteroatoms. The number of rotatable bonds is 3. The summed E-state index contributed by atoms with van der Waals surface area (Å²) in [6.45, 7) is 5.04. The maximum atomic E-state index is 9.77. The van der Waals surface area contributed by atoms with E-state index in [4.69, 9.17) is 0 Å². The molecule has 2 rings (SSSR count). The van der Waals surface area contributed by atoms with E-state index in [9.17, 15) is 15.3 Å². The molecular formula is C15H23NO3. The molecule has 0 aliphatic heterocycles. The van der Waals surface area contributed by atoms with E-state index in [2.05, 4.69) is 19.2 Å². The molecule has 106 valence electrons. The Balaban J connectivity index is 1.97. The van der Waals surface area contributed by atoms with Crippen LogP contribution in [0.1, 0.15) is 38.7 Å². The quantitative estimate of drug-likeness (QED) is 0.634. The summed E-state index contributed by atoms with van der Waals surface area (Å²) in [6, 6.07) is 3.48. The molecule has 3 atom stereocenters. The average molecular weight is 265 g/mol. The summed E-state index contributed by atoms with van der Waals surface area (Å²) in [7, 11) is 0. The molecule has 0 radical (unpaired) electrons. The van der Waals surface area contributed by atoms with Gasteiger partial charge in [-0.2, -0.15) is 0 Å². The minimum atomic E-state index is -0.440. The van der Waals surface area contributed by atoms with Gasteiger partial charge in [0.25, 0.3) is 0 Å². The van der Waals surface area contributed by atoms with E-state index >= 15 is 0 Å². The largest absolute Gasteiger partial charge is 0.504 e. The van der Waals surface area contributed by atoms with Gasteiger partial charge in [0, 0.05) is 18.2 Å². The van der Waals surface area contributed by atoms with Gasteiger partial charge < -0.3 is 20.6 Å². The van der Waals surface area contributed by atoms with E-state index in [-0.39, 0.29) is 11.5 Å². The Labute approximate surface area is 114 Å². The van der Waals surface area contributed by atoms with Gasteiger partial charge in [-0.3, -0.25) is 0 Å². The summed E-state index contributed by atoms with van der Waals surface area (Å²) < 4.78 is 0. The standard InChI is InChI=1S/C15H23NO3/c1-9-3-5-12(10(2)7-9)16-8-11-4-6-13(17)15(19)14(11)18/h4,6,9-10,12,16-19H,3,5,7-8H2,1-2H3. The van der Waals surface area contributed by atoms with E-state index in [0.717, 1.165) is 12.3 Å². The number of phenols is 3. The molecule has 1 aliphatic rings. The van der Waals surface area contributed by atoms with Crippen molar-refractivity contribution >= 4 is 0 Å². The van der Waals surface area contributed by atoms with Crippen LogP contribution in [0.4, 0.5) is 0 Å². The SMILES string of the molecule is CC1CCC(NCc2ccc(O)c(O)c2O)C(C)C1. The van der Waals surface area contributed by atoms with Crippen molar-refractivity contribution < 1.29 is 15.3 Å². The van der Waals surface area contributed by atoms with Gasteiger partial charge in [-0.1, -0.05) is 19.9 Å². The fourth-order valence-corrected chi connectivity index (χ4v) is 2.96. The van der Waals surface area contributed by atoms with Crippen LogP contribution in [0.25, 0.3) is 0 Å². The lowest BCUT2D eigenvalue weighted by Gasteiger charge is -2.33. The Morgan fingerprint density at radius 2 is 1.84 bits per heavy atom. The van der Waals surface area contributed by atoms with Crippen LogP contribution in [0, 0.1) is 11.8 Å². The van der Waals surface area contributed by atoms with Gasteiger partial charge in [0.2, 0.25) is 5.75 Å². The van der Waals surface area contributed by atoms with Crippen molar-refractivity contribution in [3.05, 3.63) is 17.7 Å². The van der Waals surface area contributed by atoms with Crippen molar-refractivity contribution in [1.29, 1.82) is 0 Å². The van der Waals surface area contributed by atoms with Gasteiger partial charge in [-0.25, -0.2) is 0 Å². The van der Waals surface area contributed by atoms with E-state index in [1.165, 1.54) is 18.9 Å². The Hall–Kier alpha value is -1.42. The molecule has 0 heterocycles. The maximum Gasteiger partial charge on any atom is 0.200 e. The van der Waals surface area contributed by atoms with Crippen LogP contribution in [0.15, 0.2) is 12.1 Å². The number of hydrogen-bond acceptors (Lipinski definition) is 4. The lowest BCUT2D eigenvalue weighted by molar-refractivity contribution is 0.226. The van der Waals surface area contributed by atoms with Gasteiger partial charge in [0.1, 0.15) is 0 Å². The molecule has 0 saturated heterocycles. The van der Waals surface area contributed by atoms with Crippen LogP contribution >= 0.6 is 0 Å². The highest BCUT2D eigenvalue weighted by molar-refractivity contribution is 5.53. The van der Waals surface area contributed by atoms with Crippen molar-refractivity contribution in [3.8, 4) is 17.2 Å². The van der Waals surface area contributed by atoms with Crippen molar-refractivity contribution in [3.63, 3.8) is 0 Å². The second-order valence-corrected chi connectivity index (χ2v) is 5.82. The third-order valence-corrected chi connectivity index (χ3v) is 4.20. The van der Waals surface area contributed by atoms with Crippen molar-refractivity contribution in [2.24, 2.45) is 11.8 Å².